The number of nitrogens with zero attached hydrogens (tertiary/aromatic N) is 2. The van der Waals surface area contributed by atoms with Crippen LogP contribution in [-0.4, -0.2) is 27.8 Å². The number of unbranched alkanes of at least 4 members (excludes halogenated alkanes) is 7. The zero-order chi connectivity index (χ0) is 23.2. The van der Waals surface area contributed by atoms with Crippen molar-refractivity contribution in [1.82, 2.24) is 9.97 Å². The van der Waals surface area contributed by atoms with Gasteiger partial charge in [-0.3, -0.25) is 4.79 Å². The van der Waals surface area contributed by atoms with Crippen LogP contribution in [0.4, 0.5) is 0 Å². The summed E-state index contributed by atoms with van der Waals surface area (Å²) in [5.74, 6) is 0.122. The molecule has 0 N–H and O–H groups in total. The van der Waals surface area contributed by atoms with Gasteiger partial charge in [0, 0.05) is 24.4 Å². The fourth-order valence-electron chi connectivity index (χ4n) is 3.54. The Kier molecular flexibility index (Phi) is 11.6. The van der Waals surface area contributed by atoms with Crippen LogP contribution >= 0.6 is 0 Å². The van der Waals surface area contributed by atoms with Gasteiger partial charge in [-0.25, -0.2) is 14.8 Å². The summed E-state index contributed by atoms with van der Waals surface area (Å²) in [6, 6.07) is 7.01. The highest BCUT2D eigenvalue weighted by Gasteiger charge is 2.18. The van der Waals surface area contributed by atoms with E-state index in [-0.39, 0.29) is 5.78 Å². The Morgan fingerprint density at radius 3 is 2.09 bits per heavy atom. The van der Waals surface area contributed by atoms with Crippen molar-refractivity contribution in [2.45, 2.75) is 97.5 Å². The van der Waals surface area contributed by atoms with Crippen LogP contribution in [-0.2, 0) is 16.0 Å². The van der Waals surface area contributed by atoms with Crippen LogP contribution in [0.1, 0.15) is 101 Å². The summed E-state index contributed by atoms with van der Waals surface area (Å²) in [6.45, 7) is 5.96. The predicted octanol–water partition coefficient (Wildman–Crippen LogP) is 6.74. The summed E-state index contributed by atoms with van der Waals surface area (Å²) >= 11 is 0. The summed E-state index contributed by atoms with van der Waals surface area (Å²) in [4.78, 5) is 33.4. The van der Waals surface area contributed by atoms with Crippen molar-refractivity contribution >= 4 is 11.8 Å². The Balaban J connectivity index is 1.83. The van der Waals surface area contributed by atoms with Gasteiger partial charge in [0.25, 0.3) is 0 Å². The second kappa shape index (κ2) is 14.5. The molecule has 1 heterocycles. The highest BCUT2D eigenvalue weighted by Crippen LogP contribution is 2.17. The molecule has 0 bridgehead atoms. The monoisotopic (exact) mass is 438 g/mol. The molecule has 1 aromatic heterocycles. The minimum absolute atomic E-state index is 0.0298. The Bertz CT molecular complexity index is 816. The maximum absolute atomic E-state index is 12.4. The molecule has 1 unspecified atom stereocenters. The third kappa shape index (κ3) is 8.89. The largest absolute Gasteiger partial charge is 0.451 e. The zero-order valence-electron chi connectivity index (χ0n) is 19.9. The SMILES string of the molecule is CCCCCCCCc1cnc(-c2ccc(C(=O)OC(C)C(=O)CCCCC)cc2)nc1. The normalized spacial score (nSPS) is 11.8. The number of carbonyl (C=O) groups excluding carboxylic acids is 2. The minimum Gasteiger partial charge on any atom is -0.451 e. The first-order valence-electron chi connectivity index (χ1n) is 12.2. The Labute approximate surface area is 193 Å². The van der Waals surface area contributed by atoms with Crippen molar-refractivity contribution in [3.63, 3.8) is 0 Å². The number of benzene rings is 1. The molecule has 0 aliphatic heterocycles. The lowest BCUT2D eigenvalue weighted by atomic mass is 10.1. The second-order valence-electron chi connectivity index (χ2n) is 8.48. The summed E-state index contributed by atoms with van der Waals surface area (Å²) in [5, 5.41) is 0. The zero-order valence-corrected chi connectivity index (χ0v) is 19.9. The van der Waals surface area contributed by atoms with Gasteiger partial charge in [0.05, 0.1) is 5.56 Å². The molecule has 0 saturated heterocycles. The molecular weight excluding hydrogens is 400 g/mol. The number of rotatable bonds is 15. The molecule has 1 aromatic carbocycles. The minimum atomic E-state index is -0.721. The van der Waals surface area contributed by atoms with Gasteiger partial charge in [0.1, 0.15) is 0 Å². The summed E-state index contributed by atoms with van der Waals surface area (Å²) < 4.78 is 5.34. The highest BCUT2D eigenvalue weighted by molar-refractivity contribution is 5.93. The van der Waals surface area contributed by atoms with Gasteiger partial charge in [0.2, 0.25) is 0 Å². The van der Waals surface area contributed by atoms with Crippen LogP contribution in [0, 0.1) is 0 Å². The van der Waals surface area contributed by atoms with E-state index in [0.29, 0.717) is 17.8 Å². The Morgan fingerprint density at radius 1 is 0.844 bits per heavy atom. The fourth-order valence-corrected chi connectivity index (χ4v) is 3.54. The number of aromatic nitrogens is 2. The number of Topliss-reactive ketones (excluding diaryl/α,β-unsaturated/α-hetero) is 1. The molecule has 0 aliphatic carbocycles. The van der Waals surface area contributed by atoms with Gasteiger partial charge in [-0.2, -0.15) is 0 Å². The first kappa shape index (κ1) is 25.7. The first-order valence-corrected chi connectivity index (χ1v) is 12.2. The molecule has 1 atom stereocenters. The molecule has 0 fully saturated rings. The van der Waals surface area contributed by atoms with Crippen LogP contribution in [0.3, 0.4) is 0 Å². The average molecular weight is 439 g/mol. The van der Waals surface area contributed by atoms with Crippen molar-refractivity contribution < 1.29 is 14.3 Å². The molecule has 0 radical (unpaired) electrons. The standard InChI is InChI=1S/C27H38N2O3/c1-4-6-8-9-10-12-13-22-19-28-26(29-20-22)23-15-17-24(18-16-23)27(31)32-21(3)25(30)14-11-7-5-2/h15-21H,4-14H2,1-3H3. The molecule has 0 spiro atoms. The van der Waals surface area contributed by atoms with E-state index in [1.807, 2.05) is 24.5 Å². The van der Waals surface area contributed by atoms with Crippen molar-refractivity contribution in [2.24, 2.45) is 0 Å². The average Bonchev–Trinajstić information content (AvgIpc) is 2.82. The van der Waals surface area contributed by atoms with Gasteiger partial charge < -0.3 is 4.74 Å². The van der Waals surface area contributed by atoms with Crippen LogP contribution in [0.2, 0.25) is 0 Å². The molecule has 174 valence electrons. The predicted molar refractivity (Wildman–Crippen MR) is 129 cm³/mol. The van der Waals surface area contributed by atoms with Crippen LogP contribution in [0.15, 0.2) is 36.7 Å². The number of carbonyl (C=O) groups is 2. The van der Waals surface area contributed by atoms with Gasteiger partial charge >= 0.3 is 5.97 Å². The van der Waals surface area contributed by atoms with Crippen molar-refractivity contribution in [1.29, 1.82) is 0 Å². The van der Waals surface area contributed by atoms with E-state index in [1.165, 1.54) is 38.5 Å². The topological polar surface area (TPSA) is 69.2 Å². The lowest BCUT2D eigenvalue weighted by Crippen LogP contribution is -2.24. The van der Waals surface area contributed by atoms with Gasteiger partial charge in [-0.15, -0.1) is 0 Å². The molecule has 5 nitrogen and oxygen atoms in total. The van der Waals surface area contributed by atoms with Crippen molar-refractivity contribution in [2.75, 3.05) is 0 Å². The fraction of sp³-hybridized carbons (Fsp3) is 0.556. The number of esters is 1. The maximum Gasteiger partial charge on any atom is 0.338 e. The van der Waals surface area contributed by atoms with Crippen LogP contribution in [0.5, 0.6) is 0 Å². The molecule has 0 amide bonds. The second-order valence-corrected chi connectivity index (χ2v) is 8.48. The molecule has 0 aliphatic rings. The number of aryl methyl sites for hydroxylation is 1. The lowest BCUT2D eigenvalue weighted by Gasteiger charge is -2.12. The van der Waals surface area contributed by atoms with E-state index in [4.69, 9.17) is 4.74 Å². The number of hydrogen-bond donors (Lipinski definition) is 0. The lowest BCUT2D eigenvalue weighted by molar-refractivity contribution is -0.127. The Morgan fingerprint density at radius 2 is 1.44 bits per heavy atom. The van der Waals surface area contributed by atoms with Crippen LogP contribution < -0.4 is 0 Å². The smallest absolute Gasteiger partial charge is 0.338 e. The van der Waals surface area contributed by atoms with Crippen LogP contribution in [0.25, 0.3) is 11.4 Å². The summed E-state index contributed by atoms with van der Waals surface area (Å²) in [7, 11) is 0. The molecule has 32 heavy (non-hydrogen) atoms. The Hall–Kier alpha value is -2.56. The summed E-state index contributed by atoms with van der Waals surface area (Å²) in [6.07, 6.45) is 15.1. The van der Waals surface area contributed by atoms with E-state index < -0.39 is 12.1 Å². The number of ether oxygens (including phenoxy) is 1. The summed E-state index contributed by atoms with van der Waals surface area (Å²) in [5.41, 5.74) is 2.42. The van der Waals surface area contributed by atoms with E-state index >= 15 is 0 Å². The third-order valence-electron chi connectivity index (χ3n) is 5.67. The van der Waals surface area contributed by atoms with Gasteiger partial charge in [0.15, 0.2) is 17.7 Å². The molecular formula is C27H38N2O3. The maximum atomic E-state index is 12.4. The van der Waals surface area contributed by atoms with Crippen molar-refractivity contribution in [3.05, 3.63) is 47.8 Å². The van der Waals surface area contributed by atoms with E-state index in [2.05, 4.69) is 23.8 Å². The number of hydrogen-bond acceptors (Lipinski definition) is 5. The third-order valence-corrected chi connectivity index (χ3v) is 5.67. The highest BCUT2D eigenvalue weighted by atomic mass is 16.5. The number of ketones is 1. The van der Waals surface area contributed by atoms with E-state index in [0.717, 1.165) is 36.8 Å². The first-order chi connectivity index (χ1) is 15.5. The quantitative estimate of drug-likeness (QED) is 0.227. The molecule has 2 rings (SSSR count). The van der Waals surface area contributed by atoms with E-state index in [1.54, 1.807) is 19.1 Å². The molecule has 5 heteroatoms. The van der Waals surface area contributed by atoms with E-state index in [9.17, 15) is 9.59 Å². The van der Waals surface area contributed by atoms with Crippen molar-refractivity contribution in [3.8, 4) is 11.4 Å². The van der Waals surface area contributed by atoms with Gasteiger partial charge in [-0.1, -0.05) is 70.9 Å². The molecule has 0 saturated carbocycles. The molecule has 2 aromatic rings. The van der Waals surface area contributed by atoms with Gasteiger partial charge in [-0.05, 0) is 43.9 Å².